The first-order valence-corrected chi connectivity index (χ1v) is 11.4. The molecule has 0 bridgehead atoms. The summed E-state index contributed by atoms with van der Waals surface area (Å²) in [6.07, 6.45) is 2.69. The Labute approximate surface area is 193 Å². The number of nitrogens with zero attached hydrogens (tertiary/aromatic N) is 3. The molecule has 0 aliphatic heterocycles. The monoisotopic (exact) mass is 493 g/mol. The van der Waals surface area contributed by atoms with Crippen LogP contribution in [0.1, 0.15) is 5.56 Å². The third-order valence-corrected chi connectivity index (χ3v) is 7.15. The van der Waals surface area contributed by atoms with Crippen LogP contribution in [0.15, 0.2) is 65.8 Å². The van der Waals surface area contributed by atoms with E-state index in [2.05, 4.69) is 4.98 Å². The molecule has 0 saturated carbocycles. The number of methoxy groups -OCH3 is 1. The van der Waals surface area contributed by atoms with E-state index in [1.807, 2.05) is 0 Å². The number of hydroxylamine groups is 1. The summed E-state index contributed by atoms with van der Waals surface area (Å²) >= 11 is 6.54. The Morgan fingerprint density at radius 3 is 2.48 bits per heavy atom. The van der Waals surface area contributed by atoms with Crippen molar-refractivity contribution in [3.05, 3.63) is 83.1 Å². The van der Waals surface area contributed by atoms with Crippen LogP contribution in [0.4, 0.5) is 14.5 Å². The van der Waals surface area contributed by atoms with E-state index in [4.69, 9.17) is 21.2 Å². The van der Waals surface area contributed by atoms with E-state index in [0.717, 1.165) is 15.1 Å². The number of rotatable bonds is 7. The van der Waals surface area contributed by atoms with Crippen molar-refractivity contribution in [3.63, 3.8) is 0 Å². The smallest absolute Gasteiger partial charge is 0.269 e. The number of benzene rings is 2. The van der Waals surface area contributed by atoms with Gasteiger partial charge in [-0.25, -0.2) is 31.2 Å². The second-order valence-electron chi connectivity index (χ2n) is 6.90. The summed E-state index contributed by atoms with van der Waals surface area (Å²) in [6.45, 7) is -0.171. The lowest BCUT2D eigenvalue weighted by molar-refractivity contribution is 0.157. The van der Waals surface area contributed by atoms with Gasteiger partial charge in [0.15, 0.2) is 23.0 Å². The molecule has 2 aromatic carbocycles. The molecule has 0 saturated heterocycles. The largest absolute Gasteiger partial charge is 0.494 e. The van der Waals surface area contributed by atoms with Crippen molar-refractivity contribution in [1.29, 1.82) is 0 Å². The summed E-state index contributed by atoms with van der Waals surface area (Å²) in [5, 5.41) is 1.50. The van der Waals surface area contributed by atoms with Crippen molar-refractivity contribution in [2.45, 2.75) is 11.4 Å². The molecule has 2 aromatic heterocycles. The van der Waals surface area contributed by atoms with Gasteiger partial charge in [-0.05, 0) is 30.3 Å². The standard InChI is InChI=1S/C22H18ClF2N3O4S/c1-31-18-9-8-17(24)21(20(18)25)27(32-2)13-14-12-26-22-16(19(14)23)10-11-28(22)33(29,30)15-6-4-3-5-7-15/h3-12H,13H2,1-2H3. The van der Waals surface area contributed by atoms with Crippen LogP contribution in [0, 0.1) is 11.6 Å². The van der Waals surface area contributed by atoms with Crippen LogP contribution in [0.25, 0.3) is 11.0 Å². The number of halogens is 3. The van der Waals surface area contributed by atoms with Gasteiger partial charge in [-0.1, -0.05) is 29.8 Å². The van der Waals surface area contributed by atoms with Crippen molar-refractivity contribution < 1.29 is 26.8 Å². The fourth-order valence-corrected chi connectivity index (χ4v) is 4.96. The van der Waals surface area contributed by atoms with E-state index >= 15 is 0 Å². The van der Waals surface area contributed by atoms with Crippen LogP contribution in [0.2, 0.25) is 5.02 Å². The quantitative estimate of drug-likeness (QED) is 0.345. The Balaban J connectivity index is 1.75. The van der Waals surface area contributed by atoms with E-state index in [1.165, 1.54) is 50.9 Å². The average molecular weight is 494 g/mol. The molecule has 0 aliphatic carbocycles. The Morgan fingerprint density at radius 1 is 1.09 bits per heavy atom. The van der Waals surface area contributed by atoms with Crippen molar-refractivity contribution in [1.82, 2.24) is 8.96 Å². The Morgan fingerprint density at radius 2 is 1.82 bits per heavy atom. The minimum atomic E-state index is -3.89. The average Bonchev–Trinajstić information content (AvgIpc) is 3.26. The molecule has 0 N–H and O–H groups in total. The van der Waals surface area contributed by atoms with Crippen LogP contribution >= 0.6 is 11.6 Å². The van der Waals surface area contributed by atoms with Crippen molar-refractivity contribution in [3.8, 4) is 5.75 Å². The number of ether oxygens (including phenoxy) is 1. The molecule has 0 spiro atoms. The Hall–Kier alpha value is -3.21. The molecule has 0 atom stereocenters. The van der Waals surface area contributed by atoms with Crippen LogP contribution in [-0.2, 0) is 21.4 Å². The number of anilines is 1. The minimum absolute atomic E-state index is 0.0963. The molecule has 0 aliphatic rings. The molecule has 0 unspecified atom stereocenters. The van der Waals surface area contributed by atoms with Gasteiger partial charge in [0.05, 0.1) is 30.7 Å². The molecule has 4 rings (SSSR count). The highest BCUT2D eigenvalue weighted by atomic mass is 35.5. The maximum atomic E-state index is 14.7. The SMILES string of the molecule is COc1ccc(F)c(N(Cc2cnc3c(ccn3S(=O)(=O)c3ccccc3)c2Cl)OC)c1F. The van der Waals surface area contributed by atoms with E-state index < -0.39 is 27.3 Å². The van der Waals surface area contributed by atoms with Crippen molar-refractivity contribution in [2.75, 3.05) is 19.3 Å². The summed E-state index contributed by atoms with van der Waals surface area (Å²) in [5.41, 5.74) is 0.0232. The molecular formula is C22H18ClF2N3O4S. The molecule has 0 amide bonds. The number of fused-ring (bicyclic) bond motifs is 1. The molecule has 0 radical (unpaired) electrons. The Kier molecular flexibility index (Phi) is 6.24. The van der Waals surface area contributed by atoms with Gasteiger partial charge in [-0.2, -0.15) is 0 Å². The summed E-state index contributed by atoms with van der Waals surface area (Å²) in [7, 11) is -1.38. The van der Waals surface area contributed by atoms with Gasteiger partial charge in [0.25, 0.3) is 10.0 Å². The zero-order valence-electron chi connectivity index (χ0n) is 17.5. The highest BCUT2D eigenvalue weighted by Gasteiger charge is 2.24. The molecule has 33 heavy (non-hydrogen) atoms. The first-order chi connectivity index (χ1) is 15.8. The second-order valence-corrected chi connectivity index (χ2v) is 9.09. The molecule has 0 fully saturated rings. The molecule has 2 heterocycles. The maximum absolute atomic E-state index is 14.7. The van der Waals surface area contributed by atoms with Crippen LogP contribution in [0.5, 0.6) is 5.75 Å². The fourth-order valence-electron chi connectivity index (χ4n) is 3.38. The number of hydrogen-bond donors (Lipinski definition) is 0. The first-order valence-electron chi connectivity index (χ1n) is 9.58. The fraction of sp³-hybridized carbons (Fsp3) is 0.136. The Bertz CT molecular complexity index is 1430. The van der Waals surface area contributed by atoms with E-state index in [1.54, 1.807) is 18.2 Å². The van der Waals surface area contributed by atoms with Crippen LogP contribution in [-0.4, -0.2) is 31.6 Å². The summed E-state index contributed by atoms with van der Waals surface area (Å²) in [5.74, 6) is -1.96. The number of hydrogen-bond acceptors (Lipinski definition) is 6. The second kappa shape index (κ2) is 8.97. The highest BCUT2D eigenvalue weighted by molar-refractivity contribution is 7.90. The first kappa shape index (κ1) is 23.0. The topological polar surface area (TPSA) is 73.7 Å². The molecule has 4 aromatic rings. The number of pyridine rings is 1. The third kappa shape index (κ3) is 4.01. The van der Waals surface area contributed by atoms with Crippen LogP contribution in [0.3, 0.4) is 0 Å². The summed E-state index contributed by atoms with van der Waals surface area (Å²) < 4.78 is 61.1. The minimum Gasteiger partial charge on any atom is -0.494 e. The van der Waals surface area contributed by atoms with Gasteiger partial charge in [0.1, 0.15) is 5.69 Å². The molecule has 7 nitrogen and oxygen atoms in total. The molecule has 11 heteroatoms. The van der Waals surface area contributed by atoms with Gasteiger partial charge >= 0.3 is 0 Å². The van der Waals surface area contributed by atoms with E-state index in [-0.39, 0.29) is 27.9 Å². The van der Waals surface area contributed by atoms with Gasteiger partial charge in [-0.15, -0.1) is 0 Å². The lowest BCUT2D eigenvalue weighted by Gasteiger charge is -2.24. The normalized spacial score (nSPS) is 11.7. The van der Waals surface area contributed by atoms with Gasteiger partial charge in [0, 0.05) is 23.3 Å². The summed E-state index contributed by atoms with van der Waals surface area (Å²) in [4.78, 5) is 9.55. The van der Waals surface area contributed by atoms with Crippen LogP contribution < -0.4 is 9.80 Å². The third-order valence-electron chi connectivity index (χ3n) is 5.02. The van der Waals surface area contributed by atoms with Gasteiger partial charge in [-0.3, -0.25) is 4.84 Å². The van der Waals surface area contributed by atoms with Gasteiger partial charge < -0.3 is 4.74 Å². The molecular weight excluding hydrogens is 476 g/mol. The predicted octanol–water partition coefficient (Wildman–Crippen LogP) is 4.78. The predicted molar refractivity (Wildman–Crippen MR) is 120 cm³/mol. The van der Waals surface area contributed by atoms with E-state index in [9.17, 15) is 17.2 Å². The highest BCUT2D eigenvalue weighted by Crippen LogP contribution is 2.34. The maximum Gasteiger partial charge on any atom is 0.269 e. The zero-order valence-corrected chi connectivity index (χ0v) is 19.1. The van der Waals surface area contributed by atoms with Crippen molar-refractivity contribution >= 4 is 38.3 Å². The lowest BCUT2D eigenvalue weighted by Crippen LogP contribution is -2.24. The lowest BCUT2D eigenvalue weighted by atomic mass is 10.2. The number of aromatic nitrogens is 2. The van der Waals surface area contributed by atoms with Crippen molar-refractivity contribution in [2.24, 2.45) is 0 Å². The zero-order chi connectivity index (χ0) is 23.8. The molecule has 172 valence electrons. The van der Waals surface area contributed by atoms with Gasteiger partial charge in [0.2, 0.25) is 0 Å². The summed E-state index contributed by atoms with van der Waals surface area (Å²) in [6, 6.07) is 11.6. The van der Waals surface area contributed by atoms with E-state index in [0.29, 0.717) is 10.9 Å².